The van der Waals surface area contributed by atoms with Crippen LogP contribution in [0.2, 0.25) is 0 Å². The van der Waals surface area contributed by atoms with Gasteiger partial charge < -0.3 is 29.0 Å². The van der Waals surface area contributed by atoms with Gasteiger partial charge in [-0.2, -0.15) is 0 Å². The van der Waals surface area contributed by atoms with Crippen molar-refractivity contribution in [1.82, 2.24) is 0 Å². The first-order chi connectivity index (χ1) is 15.9. The summed E-state index contributed by atoms with van der Waals surface area (Å²) >= 11 is 0. The number of benzene rings is 3. The number of amides is 1. The standard InChI is InChI=1S/C25H25NO7/c1-16(32-25(28)17-14-21(29-2)23(31-4)22(15-17)30-3)24(27)26-18-10-12-20(13-11-18)33-19-8-6-5-7-9-19/h5-16H,1-4H3,(H,26,27)/t16-/m1/s1. The van der Waals surface area contributed by atoms with Crippen LogP contribution in [0.25, 0.3) is 0 Å². The predicted octanol–water partition coefficient (Wildman–Crippen LogP) is 4.69. The lowest BCUT2D eigenvalue weighted by atomic mass is 10.2. The van der Waals surface area contributed by atoms with E-state index in [1.165, 1.54) is 40.4 Å². The van der Waals surface area contributed by atoms with Crippen LogP contribution in [-0.4, -0.2) is 39.3 Å². The van der Waals surface area contributed by atoms with Crippen molar-refractivity contribution in [3.8, 4) is 28.7 Å². The smallest absolute Gasteiger partial charge is 0.339 e. The van der Waals surface area contributed by atoms with Gasteiger partial charge >= 0.3 is 5.97 Å². The Balaban J connectivity index is 1.62. The number of nitrogens with one attached hydrogen (secondary N) is 1. The third-order valence-electron chi connectivity index (χ3n) is 4.65. The number of carbonyl (C=O) groups is 2. The summed E-state index contributed by atoms with van der Waals surface area (Å²) in [5.74, 6) is 1.11. The first kappa shape index (κ1) is 23.5. The van der Waals surface area contributed by atoms with Gasteiger partial charge in [-0.25, -0.2) is 4.79 Å². The fourth-order valence-corrected chi connectivity index (χ4v) is 2.96. The average Bonchev–Trinajstić information content (AvgIpc) is 2.84. The average molecular weight is 451 g/mol. The largest absolute Gasteiger partial charge is 0.493 e. The molecule has 1 atom stereocenters. The zero-order chi connectivity index (χ0) is 23.8. The number of esters is 1. The van der Waals surface area contributed by atoms with Gasteiger partial charge in [0.05, 0.1) is 26.9 Å². The van der Waals surface area contributed by atoms with E-state index in [1.807, 2.05) is 30.3 Å². The Morgan fingerprint density at radius 1 is 0.788 bits per heavy atom. The minimum Gasteiger partial charge on any atom is -0.493 e. The Morgan fingerprint density at radius 2 is 1.36 bits per heavy atom. The van der Waals surface area contributed by atoms with Crippen LogP contribution >= 0.6 is 0 Å². The molecule has 8 heteroatoms. The number of anilines is 1. The van der Waals surface area contributed by atoms with Crippen molar-refractivity contribution >= 4 is 17.6 Å². The molecule has 3 rings (SSSR count). The van der Waals surface area contributed by atoms with Crippen LogP contribution in [0.4, 0.5) is 5.69 Å². The summed E-state index contributed by atoms with van der Waals surface area (Å²) in [7, 11) is 4.35. The summed E-state index contributed by atoms with van der Waals surface area (Å²) in [5, 5.41) is 2.71. The molecule has 0 saturated carbocycles. The molecule has 0 spiro atoms. The Kier molecular flexibility index (Phi) is 7.75. The monoisotopic (exact) mass is 451 g/mol. The molecular formula is C25H25NO7. The van der Waals surface area contributed by atoms with Gasteiger partial charge in [0.1, 0.15) is 11.5 Å². The van der Waals surface area contributed by atoms with Crippen molar-refractivity contribution in [1.29, 1.82) is 0 Å². The Labute approximate surface area is 192 Å². The molecule has 1 N–H and O–H groups in total. The lowest BCUT2D eigenvalue weighted by Crippen LogP contribution is -2.30. The van der Waals surface area contributed by atoms with Gasteiger partial charge in [-0.15, -0.1) is 0 Å². The molecule has 8 nitrogen and oxygen atoms in total. The molecule has 172 valence electrons. The van der Waals surface area contributed by atoms with E-state index in [-0.39, 0.29) is 5.56 Å². The van der Waals surface area contributed by atoms with Gasteiger partial charge in [0.15, 0.2) is 17.6 Å². The minimum absolute atomic E-state index is 0.159. The van der Waals surface area contributed by atoms with E-state index in [2.05, 4.69) is 5.32 Å². The van der Waals surface area contributed by atoms with E-state index in [0.29, 0.717) is 34.4 Å². The first-order valence-corrected chi connectivity index (χ1v) is 10.1. The molecule has 0 bridgehead atoms. The van der Waals surface area contributed by atoms with Crippen LogP contribution in [0.5, 0.6) is 28.7 Å². The van der Waals surface area contributed by atoms with E-state index in [0.717, 1.165) is 0 Å². The maximum Gasteiger partial charge on any atom is 0.339 e. The second-order valence-electron chi connectivity index (χ2n) is 6.89. The van der Waals surface area contributed by atoms with Crippen molar-refractivity contribution in [2.75, 3.05) is 26.6 Å². The second-order valence-corrected chi connectivity index (χ2v) is 6.89. The molecule has 33 heavy (non-hydrogen) atoms. The van der Waals surface area contributed by atoms with E-state index in [1.54, 1.807) is 24.3 Å². The molecule has 0 heterocycles. The van der Waals surface area contributed by atoms with Gasteiger partial charge in [0.25, 0.3) is 5.91 Å². The number of hydrogen-bond acceptors (Lipinski definition) is 7. The second kappa shape index (κ2) is 10.9. The predicted molar refractivity (Wildman–Crippen MR) is 123 cm³/mol. The SMILES string of the molecule is COc1cc(C(=O)O[C@H](C)C(=O)Nc2ccc(Oc3ccccc3)cc2)cc(OC)c1OC. The third-order valence-corrected chi connectivity index (χ3v) is 4.65. The summed E-state index contributed by atoms with van der Waals surface area (Å²) < 4.78 is 26.8. The molecular weight excluding hydrogens is 426 g/mol. The molecule has 0 radical (unpaired) electrons. The summed E-state index contributed by atoms with van der Waals surface area (Å²) in [5.41, 5.74) is 0.697. The van der Waals surface area contributed by atoms with Crippen molar-refractivity contribution in [3.63, 3.8) is 0 Å². The van der Waals surface area contributed by atoms with Gasteiger partial charge in [-0.3, -0.25) is 4.79 Å². The zero-order valence-corrected chi connectivity index (χ0v) is 18.8. The summed E-state index contributed by atoms with van der Waals surface area (Å²) in [6, 6.07) is 19.1. The third kappa shape index (κ3) is 5.94. The molecule has 0 aliphatic carbocycles. The van der Waals surface area contributed by atoms with Gasteiger partial charge in [0.2, 0.25) is 5.75 Å². The number of methoxy groups -OCH3 is 3. The number of rotatable bonds is 9. The summed E-state index contributed by atoms with van der Waals surface area (Å²) in [4.78, 5) is 25.1. The van der Waals surface area contributed by atoms with Crippen molar-refractivity contribution in [3.05, 3.63) is 72.3 Å². The van der Waals surface area contributed by atoms with Crippen molar-refractivity contribution in [2.24, 2.45) is 0 Å². The van der Waals surface area contributed by atoms with Crippen LogP contribution in [0.3, 0.4) is 0 Å². The number of ether oxygens (including phenoxy) is 5. The topological polar surface area (TPSA) is 92.3 Å². The maximum absolute atomic E-state index is 12.6. The lowest BCUT2D eigenvalue weighted by Gasteiger charge is -2.16. The van der Waals surface area contributed by atoms with Gasteiger partial charge in [-0.1, -0.05) is 18.2 Å². The van der Waals surface area contributed by atoms with Crippen LogP contribution in [0, 0.1) is 0 Å². The van der Waals surface area contributed by atoms with Gasteiger partial charge in [-0.05, 0) is 55.5 Å². The molecule has 0 aromatic heterocycles. The highest BCUT2D eigenvalue weighted by Crippen LogP contribution is 2.38. The van der Waals surface area contributed by atoms with Crippen LogP contribution in [0.15, 0.2) is 66.7 Å². The van der Waals surface area contributed by atoms with Crippen molar-refractivity contribution in [2.45, 2.75) is 13.0 Å². The normalized spacial score (nSPS) is 11.2. The molecule has 3 aromatic carbocycles. The molecule has 0 aliphatic rings. The fourth-order valence-electron chi connectivity index (χ4n) is 2.96. The minimum atomic E-state index is -1.04. The van der Waals surface area contributed by atoms with Crippen LogP contribution < -0.4 is 24.3 Å². The summed E-state index contributed by atoms with van der Waals surface area (Å²) in [6.45, 7) is 1.48. The van der Waals surface area contributed by atoms with Crippen LogP contribution in [0.1, 0.15) is 17.3 Å². The maximum atomic E-state index is 12.6. The Hall–Kier alpha value is -4.20. The highest BCUT2D eigenvalue weighted by atomic mass is 16.6. The zero-order valence-electron chi connectivity index (χ0n) is 18.8. The lowest BCUT2D eigenvalue weighted by molar-refractivity contribution is -0.123. The quantitative estimate of drug-likeness (QED) is 0.472. The van der Waals surface area contributed by atoms with E-state index >= 15 is 0 Å². The Bertz CT molecular complexity index is 1070. The first-order valence-electron chi connectivity index (χ1n) is 10.1. The highest BCUT2D eigenvalue weighted by molar-refractivity contribution is 5.97. The fraction of sp³-hybridized carbons (Fsp3) is 0.200. The van der Waals surface area contributed by atoms with E-state index in [9.17, 15) is 9.59 Å². The van der Waals surface area contributed by atoms with E-state index in [4.69, 9.17) is 23.7 Å². The van der Waals surface area contributed by atoms with E-state index < -0.39 is 18.0 Å². The molecule has 0 aliphatic heterocycles. The number of hydrogen-bond donors (Lipinski definition) is 1. The van der Waals surface area contributed by atoms with Crippen LogP contribution in [-0.2, 0) is 9.53 Å². The number of para-hydroxylation sites is 1. The summed E-state index contributed by atoms with van der Waals surface area (Å²) in [6.07, 6.45) is -1.04. The van der Waals surface area contributed by atoms with Gasteiger partial charge in [0, 0.05) is 5.69 Å². The molecule has 0 unspecified atom stereocenters. The molecule has 0 fully saturated rings. The number of carbonyl (C=O) groups excluding carboxylic acids is 2. The van der Waals surface area contributed by atoms with Crippen molar-refractivity contribution < 1.29 is 33.3 Å². The molecule has 1 amide bonds. The Morgan fingerprint density at radius 3 is 1.91 bits per heavy atom. The molecule has 0 saturated heterocycles. The highest BCUT2D eigenvalue weighted by Gasteiger charge is 2.22. The molecule has 3 aromatic rings.